The number of carbonyl (C=O) groups is 6. The number of aliphatic hydroxyl groups is 10. The van der Waals surface area contributed by atoms with Crippen molar-refractivity contribution >= 4 is 36.7 Å². The Hall–Kier alpha value is -3.02. The van der Waals surface area contributed by atoms with Crippen molar-refractivity contribution < 1.29 is 90.0 Å². The van der Waals surface area contributed by atoms with Crippen LogP contribution >= 0.6 is 0 Å². The zero-order chi connectivity index (χ0) is 32.5. The maximum atomic E-state index is 10.6. The number of carbonyl (C=O) groups excluding carboxylic acids is 4. The molecule has 0 radical (unpaired) electrons. The van der Waals surface area contributed by atoms with E-state index in [9.17, 15) is 33.9 Å². The Morgan fingerprint density at radius 2 is 0.950 bits per heavy atom. The lowest BCUT2D eigenvalue weighted by atomic mass is 10.0. The number of hydrogen-bond donors (Lipinski definition) is 14. The van der Waals surface area contributed by atoms with Crippen molar-refractivity contribution in [2.24, 2.45) is 5.73 Å². The van der Waals surface area contributed by atoms with Gasteiger partial charge in [0.25, 0.3) is 0 Å². The molecular formula is C20H36N2O18. The molecule has 0 aromatic carbocycles. The third-order valence-corrected chi connectivity index (χ3v) is 4.67. The van der Waals surface area contributed by atoms with Crippen molar-refractivity contribution in [3.63, 3.8) is 0 Å². The molecule has 0 bridgehead atoms. The van der Waals surface area contributed by atoms with Crippen LogP contribution in [0.3, 0.4) is 0 Å². The van der Waals surface area contributed by atoms with Gasteiger partial charge in [0, 0.05) is 6.92 Å². The van der Waals surface area contributed by atoms with Crippen molar-refractivity contribution in [1.82, 2.24) is 5.32 Å². The Balaban J connectivity index is -0.000000514. The number of carboxylic acids is 2. The van der Waals surface area contributed by atoms with E-state index >= 15 is 0 Å². The highest BCUT2D eigenvalue weighted by atomic mass is 16.4. The summed E-state index contributed by atoms with van der Waals surface area (Å²) >= 11 is 0. The van der Waals surface area contributed by atoms with Gasteiger partial charge >= 0.3 is 11.9 Å². The number of nitrogens with two attached hydrogens (primary N) is 1. The largest absolute Gasteiger partial charge is 0.479 e. The predicted molar refractivity (Wildman–Crippen MR) is 125 cm³/mol. The summed E-state index contributed by atoms with van der Waals surface area (Å²) in [7, 11) is 0. The quantitative estimate of drug-likeness (QED) is 0.0784. The summed E-state index contributed by atoms with van der Waals surface area (Å²) in [6, 6.07) is -2.06. The van der Waals surface area contributed by atoms with Crippen LogP contribution in [0.15, 0.2) is 0 Å². The monoisotopic (exact) mass is 592 g/mol. The van der Waals surface area contributed by atoms with Gasteiger partial charge in [-0.2, -0.15) is 0 Å². The van der Waals surface area contributed by atoms with E-state index in [-0.39, 0.29) is 12.6 Å². The fourth-order valence-corrected chi connectivity index (χ4v) is 2.19. The Labute approximate surface area is 225 Å². The van der Waals surface area contributed by atoms with Crippen LogP contribution in [-0.2, 0) is 28.8 Å². The summed E-state index contributed by atoms with van der Waals surface area (Å²) in [4.78, 5) is 61.0. The molecule has 0 saturated heterocycles. The Morgan fingerprint density at radius 1 is 0.625 bits per heavy atom. The van der Waals surface area contributed by atoms with Crippen LogP contribution in [0.4, 0.5) is 0 Å². The summed E-state index contributed by atoms with van der Waals surface area (Å²) in [5.41, 5.74) is 5.40. The number of nitrogens with one attached hydrogen (secondary N) is 1. The molecule has 0 fully saturated rings. The van der Waals surface area contributed by atoms with E-state index in [2.05, 4.69) is 5.32 Å². The predicted octanol–water partition coefficient (Wildman–Crippen LogP) is -8.81. The van der Waals surface area contributed by atoms with Crippen molar-refractivity contribution in [2.45, 2.75) is 87.0 Å². The van der Waals surface area contributed by atoms with E-state index in [0.29, 0.717) is 6.29 Å². The highest BCUT2D eigenvalue weighted by Crippen LogP contribution is 2.05. The normalized spacial score (nSPS) is 19.7. The van der Waals surface area contributed by atoms with Gasteiger partial charge < -0.3 is 86.7 Å². The molecule has 20 heteroatoms. The molecule has 15 N–H and O–H groups in total. The van der Waals surface area contributed by atoms with E-state index < -0.39 is 91.0 Å². The maximum absolute atomic E-state index is 10.6. The standard InChI is InChI=1S/C8H16N2O4.2C6H10O7/c1-4(12)7(9)8(14)6(3-11)10-5(2)13;2*7-1-2(8)3(9)4(10)5(11)6(12)13/h3-4,6-8,12,14H,9H2,1-2H3,(H,10,13);2*1-5,8-11H,(H,12,13)/t4-,6+,7+,8-;2*2-,3+,4+,5-/m100/s1. The van der Waals surface area contributed by atoms with Crippen LogP contribution < -0.4 is 11.1 Å². The van der Waals surface area contributed by atoms with Gasteiger partial charge in [-0.1, -0.05) is 0 Å². The fraction of sp³-hybridized carbons (Fsp3) is 0.700. The molecule has 0 aliphatic heterocycles. The zero-order valence-corrected chi connectivity index (χ0v) is 21.1. The van der Waals surface area contributed by atoms with E-state index in [4.69, 9.17) is 61.9 Å². The van der Waals surface area contributed by atoms with E-state index in [1.54, 1.807) is 0 Å². The molecule has 0 aliphatic rings. The Morgan fingerprint density at radius 3 is 1.15 bits per heavy atom. The molecule has 0 spiro atoms. The molecule has 1 amide bonds. The highest BCUT2D eigenvalue weighted by molar-refractivity contribution is 5.77. The summed E-state index contributed by atoms with van der Waals surface area (Å²) in [5, 5.41) is 107. The Bertz CT molecular complexity index is 755. The second kappa shape index (κ2) is 20.8. The van der Waals surface area contributed by atoms with Crippen molar-refractivity contribution in [2.75, 3.05) is 0 Å². The second-order valence-electron chi connectivity index (χ2n) is 7.95. The first-order valence-corrected chi connectivity index (χ1v) is 10.9. The first-order chi connectivity index (χ1) is 18.2. The van der Waals surface area contributed by atoms with Gasteiger partial charge in [0.15, 0.2) is 24.8 Å². The number of amides is 1. The lowest BCUT2D eigenvalue weighted by Gasteiger charge is -2.25. The SMILES string of the molecule is CC(=O)N[C@@H](C=O)[C@@H](O)[C@@H](N)[C@@H](C)O.O=C[C@H](O)[C@@H](O)[C@@H](O)[C@H](O)C(=O)O.O=C[C@H](O)[C@@H](O)[C@@H](O)[C@H](O)C(=O)O. The smallest absolute Gasteiger partial charge is 0.335 e. The summed E-state index contributed by atoms with van der Waals surface area (Å²) in [6.07, 6.45) is -18.7. The molecule has 0 aromatic rings. The van der Waals surface area contributed by atoms with Gasteiger partial charge in [-0.15, -0.1) is 0 Å². The van der Waals surface area contributed by atoms with Gasteiger partial charge in [0.1, 0.15) is 49.0 Å². The highest BCUT2D eigenvalue weighted by Gasteiger charge is 2.35. The van der Waals surface area contributed by atoms with Gasteiger partial charge in [-0.05, 0) is 6.92 Å². The van der Waals surface area contributed by atoms with E-state index in [1.807, 2.05) is 0 Å². The zero-order valence-electron chi connectivity index (χ0n) is 21.1. The van der Waals surface area contributed by atoms with Crippen LogP contribution in [0.1, 0.15) is 13.8 Å². The number of aldehydes is 3. The minimum absolute atomic E-state index is 0.0809. The van der Waals surface area contributed by atoms with Crippen molar-refractivity contribution in [1.29, 1.82) is 0 Å². The van der Waals surface area contributed by atoms with Crippen LogP contribution in [0.5, 0.6) is 0 Å². The molecule has 0 aliphatic carbocycles. The fourth-order valence-electron chi connectivity index (χ4n) is 2.19. The van der Waals surface area contributed by atoms with E-state index in [1.165, 1.54) is 13.8 Å². The summed E-state index contributed by atoms with van der Waals surface area (Å²) < 4.78 is 0. The molecule has 0 heterocycles. The van der Waals surface area contributed by atoms with Crippen LogP contribution in [0.2, 0.25) is 0 Å². The lowest BCUT2D eigenvalue weighted by Crippen LogP contribution is -2.55. The molecule has 40 heavy (non-hydrogen) atoms. The number of aliphatic carboxylic acids is 2. The Kier molecular flexibility index (Phi) is 21.6. The molecule has 0 unspecified atom stereocenters. The third kappa shape index (κ3) is 15.5. The summed E-state index contributed by atoms with van der Waals surface area (Å²) in [5.74, 6) is -3.96. The molecule has 0 aromatic heterocycles. The average Bonchev–Trinajstić information content (AvgIpc) is 2.91. The number of rotatable bonds is 15. The second-order valence-corrected chi connectivity index (χ2v) is 7.95. The maximum Gasteiger partial charge on any atom is 0.335 e. The first-order valence-electron chi connectivity index (χ1n) is 10.9. The van der Waals surface area contributed by atoms with Crippen molar-refractivity contribution in [3.8, 4) is 0 Å². The van der Waals surface area contributed by atoms with Gasteiger partial charge in [-0.3, -0.25) is 4.79 Å². The molecular weight excluding hydrogens is 556 g/mol. The third-order valence-electron chi connectivity index (χ3n) is 4.67. The minimum atomic E-state index is -2.25. The molecule has 234 valence electrons. The van der Waals surface area contributed by atoms with Crippen LogP contribution in [0, 0.1) is 0 Å². The topological polar surface area (TPSA) is 383 Å². The van der Waals surface area contributed by atoms with Gasteiger partial charge in [-0.25, -0.2) is 9.59 Å². The average molecular weight is 593 g/mol. The van der Waals surface area contributed by atoms with Gasteiger partial charge in [0.2, 0.25) is 5.91 Å². The number of hydrogen-bond acceptors (Lipinski definition) is 17. The number of carboxylic acid groups (broad SMARTS) is 2. The lowest BCUT2D eigenvalue weighted by molar-refractivity contribution is -0.164. The molecule has 12 atom stereocenters. The van der Waals surface area contributed by atoms with Crippen LogP contribution in [-0.4, -0.2) is 171 Å². The molecule has 20 nitrogen and oxygen atoms in total. The minimum Gasteiger partial charge on any atom is -0.479 e. The summed E-state index contributed by atoms with van der Waals surface area (Å²) in [6.45, 7) is 2.61. The van der Waals surface area contributed by atoms with Crippen LogP contribution in [0.25, 0.3) is 0 Å². The molecule has 0 rings (SSSR count). The number of aliphatic hydroxyl groups excluding tert-OH is 10. The van der Waals surface area contributed by atoms with E-state index in [0.717, 1.165) is 0 Å². The van der Waals surface area contributed by atoms with Crippen molar-refractivity contribution in [3.05, 3.63) is 0 Å². The van der Waals surface area contributed by atoms with Gasteiger partial charge in [0.05, 0.1) is 18.2 Å². The molecule has 0 saturated carbocycles. The first kappa shape index (κ1) is 41.5.